The van der Waals surface area contributed by atoms with E-state index >= 15 is 0 Å². The molecule has 0 aromatic heterocycles. The van der Waals surface area contributed by atoms with Crippen LogP contribution in [0.5, 0.6) is 0 Å². The van der Waals surface area contributed by atoms with E-state index in [1.807, 2.05) is 5.43 Å². The van der Waals surface area contributed by atoms with E-state index in [4.69, 9.17) is 11.6 Å². The Bertz CT molecular complexity index is 1410. The van der Waals surface area contributed by atoms with Gasteiger partial charge in [0.2, 0.25) is 0 Å². The van der Waals surface area contributed by atoms with Gasteiger partial charge in [0.1, 0.15) is 6.54 Å². The van der Waals surface area contributed by atoms with E-state index in [9.17, 15) is 39.6 Å². The number of amides is 1. The number of benzene rings is 3. The van der Waals surface area contributed by atoms with Crippen LogP contribution in [0.15, 0.2) is 82.8 Å². The molecule has 37 heavy (non-hydrogen) atoms. The molecule has 14 heteroatoms. The molecule has 0 fully saturated rings. The van der Waals surface area contributed by atoms with Crippen LogP contribution in [0.2, 0.25) is 5.02 Å². The van der Waals surface area contributed by atoms with Crippen molar-refractivity contribution < 1.29 is 39.6 Å². The molecule has 196 valence electrons. The molecule has 1 N–H and O–H groups in total. The van der Waals surface area contributed by atoms with Crippen LogP contribution in [0, 0.1) is 0 Å². The van der Waals surface area contributed by atoms with Crippen LogP contribution in [0.25, 0.3) is 0 Å². The summed E-state index contributed by atoms with van der Waals surface area (Å²) in [5, 5.41) is 2.85. The molecule has 1 amide bonds. The number of halogens is 7. The number of hydrazone groups is 1. The first-order valence-corrected chi connectivity index (χ1v) is 11.9. The Morgan fingerprint density at radius 3 is 2.22 bits per heavy atom. The molecule has 6 nitrogen and oxygen atoms in total. The Hall–Kier alpha value is -3.58. The van der Waals surface area contributed by atoms with Crippen LogP contribution in [0.3, 0.4) is 0 Å². The number of rotatable bonds is 7. The van der Waals surface area contributed by atoms with Crippen LogP contribution in [0.4, 0.5) is 32.0 Å². The van der Waals surface area contributed by atoms with Gasteiger partial charge >= 0.3 is 12.4 Å². The zero-order valence-electron chi connectivity index (χ0n) is 18.4. The first-order chi connectivity index (χ1) is 17.2. The van der Waals surface area contributed by atoms with Gasteiger partial charge in [0.25, 0.3) is 15.9 Å². The number of hydrogen-bond donors (Lipinski definition) is 1. The molecule has 0 bridgehead atoms. The maximum absolute atomic E-state index is 13.4. The minimum Gasteiger partial charge on any atom is -0.271 e. The third-order valence-electron chi connectivity index (χ3n) is 4.78. The van der Waals surface area contributed by atoms with Crippen LogP contribution in [-0.4, -0.2) is 27.1 Å². The van der Waals surface area contributed by atoms with E-state index in [0.29, 0.717) is 10.4 Å². The summed E-state index contributed by atoms with van der Waals surface area (Å²) in [6.45, 7) is -1.00. The molecular weight excluding hydrogens is 548 g/mol. The van der Waals surface area contributed by atoms with E-state index in [2.05, 4.69) is 5.10 Å². The molecule has 0 atom stereocenters. The number of sulfonamides is 1. The van der Waals surface area contributed by atoms with E-state index in [0.717, 1.165) is 36.5 Å². The van der Waals surface area contributed by atoms with Gasteiger partial charge in [-0.15, -0.1) is 0 Å². The second-order valence-corrected chi connectivity index (χ2v) is 9.67. The molecule has 0 aliphatic heterocycles. The summed E-state index contributed by atoms with van der Waals surface area (Å²) in [6, 6.07) is 13.0. The number of carbonyl (C=O) groups is 1. The standard InChI is InChI=1S/C23H16ClF6N3O3S/c24-20-10-9-17(12-19(20)23(28,29)30)33(37(35,36)18-7-2-1-3-8-18)14-21(34)32-31-13-15-5-4-6-16(11-15)22(25,26)27/h1-13H,14H2,(H,32,34)/b31-13+. The van der Waals surface area contributed by atoms with Crippen molar-refractivity contribution >= 4 is 39.4 Å². The lowest BCUT2D eigenvalue weighted by Crippen LogP contribution is -2.39. The van der Waals surface area contributed by atoms with Crippen molar-refractivity contribution in [3.05, 3.63) is 94.5 Å². The zero-order chi connectivity index (χ0) is 27.4. The van der Waals surface area contributed by atoms with Crippen LogP contribution >= 0.6 is 11.6 Å². The summed E-state index contributed by atoms with van der Waals surface area (Å²) in [5.41, 5.74) is -0.825. The SMILES string of the molecule is O=C(CN(c1ccc(Cl)c(C(F)(F)F)c1)S(=O)(=O)c1ccccc1)N/N=C/c1cccc(C(F)(F)F)c1. The summed E-state index contributed by atoms with van der Waals surface area (Å²) >= 11 is 5.63. The second kappa shape index (κ2) is 10.8. The van der Waals surface area contributed by atoms with Crippen LogP contribution < -0.4 is 9.73 Å². The Morgan fingerprint density at radius 2 is 1.59 bits per heavy atom. The molecule has 3 aromatic rings. The Morgan fingerprint density at radius 1 is 0.919 bits per heavy atom. The Balaban J connectivity index is 1.91. The summed E-state index contributed by atoms with van der Waals surface area (Å²) < 4.78 is 106. The van der Waals surface area contributed by atoms with Gasteiger partial charge in [-0.2, -0.15) is 31.4 Å². The highest BCUT2D eigenvalue weighted by atomic mass is 35.5. The molecule has 0 aliphatic rings. The maximum Gasteiger partial charge on any atom is 0.417 e. The molecule has 0 heterocycles. The van der Waals surface area contributed by atoms with Crippen molar-refractivity contribution in [2.24, 2.45) is 5.10 Å². The van der Waals surface area contributed by atoms with Crippen molar-refractivity contribution in [2.45, 2.75) is 17.2 Å². The van der Waals surface area contributed by atoms with Gasteiger partial charge < -0.3 is 0 Å². The van der Waals surface area contributed by atoms with Gasteiger partial charge in [-0.25, -0.2) is 13.8 Å². The molecule has 3 rings (SSSR count). The summed E-state index contributed by atoms with van der Waals surface area (Å²) in [6.07, 6.45) is -8.62. The van der Waals surface area contributed by atoms with Crippen molar-refractivity contribution in [3.63, 3.8) is 0 Å². The molecular formula is C23H16ClF6N3O3S. The molecule has 0 spiro atoms. The monoisotopic (exact) mass is 563 g/mol. The van der Waals surface area contributed by atoms with E-state index in [1.54, 1.807) is 0 Å². The summed E-state index contributed by atoms with van der Waals surface area (Å²) in [4.78, 5) is 12.2. The van der Waals surface area contributed by atoms with Crippen molar-refractivity contribution in [1.29, 1.82) is 0 Å². The fourth-order valence-electron chi connectivity index (χ4n) is 3.06. The lowest BCUT2D eigenvalue weighted by molar-refractivity contribution is -0.138. The average molecular weight is 564 g/mol. The van der Waals surface area contributed by atoms with Crippen LogP contribution in [-0.2, 0) is 27.2 Å². The number of carbonyl (C=O) groups excluding carboxylic acids is 1. The fraction of sp³-hybridized carbons (Fsp3) is 0.130. The smallest absolute Gasteiger partial charge is 0.271 e. The van der Waals surface area contributed by atoms with Gasteiger partial charge in [-0.1, -0.05) is 41.9 Å². The quantitative estimate of drug-likeness (QED) is 0.227. The minimum atomic E-state index is -4.91. The third-order valence-corrected chi connectivity index (χ3v) is 6.90. The molecule has 0 saturated carbocycles. The average Bonchev–Trinajstić information content (AvgIpc) is 2.82. The van der Waals surface area contributed by atoms with E-state index < -0.39 is 56.7 Å². The summed E-state index contributed by atoms with van der Waals surface area (Å²) in [7, 11) is -4.54. The van der Waals surface area contributed by atoms with Gasteiger partial charge in [-0.05, 0) is 48.0 Å². The fourth-order valence-corrected chi connectivity index (χ4v) is 4.72. The molecule has 0 saturated heterocycles. The lowest BCUT2D eigenvalue weighted by Gasteiger charge is -2.24. The van der Waals surface area contributed by atoms with Gasteiger partial charge in [0, 0.05) is 0 Å². The zero-order valence-corrected chi connectivity index (χ0v) is 20.0. The third kappa shape index (κ3) is 7.01. The maximum atomic E-state index is 13.4. The highest BCUT2D eigenvalue weighted by Gasteiger charge is 2.35. The summed E-state index contributed by atoms with van der Waals surface area (Å²) in [5.74, 6) is -1.08. The number of hydrogen-bond acceptors (Lipinski definition) is 4. The normalized spacial score (nSPS) is 12.5. The topological polar surface area (TPSA) is 78.8 Å². The molecule has 0 aliphatic carbocycles. The van der Waals surface area contributed by atoms with Crippen molar-refractivity contribution in [3.8, 4) is 0 Å². The molecule has 0 unspecified atom stereocenters. The Kier molecular flexibility index (Phi) is 8.18. The van der Waals surface area contributed by atoms with Crippen molar-refractivity contribution in [1.82, 2.24) is 5.43 Å². The minimum absolute atomic E-state index is 0.0172. The first kappa shape index (κ1) is 28.0. The predicted octanol–water partition coefficient (Wildman–Crippen LogP) is 5.72. The van der Waals surface area contributed by atoms with Crippen LogP contribution in [0.1, 0.15) is 16.7 Å². The van der Waals surface area contributed by atoms with Gasteiger partial charge in [0.05, 0.1) is 32.9 Å². The van der Waals surface area contributed by atoms with Gasteiger partial charge in [0.15, 0.2) is 0 Å². The Labute approximate surface area is 212 Å². The largest absolute Gasteiger partial charge is 0.417 e. The molecule has 3 aromatic carbocycles. The van der Waals surface area contributed by atoms with E-state index in [1.165, 1.54) is 36.4 Å². The molecule has 0 radical (unpaired) electrons. The van der Waals surface area contributed by atoms with Gasteiger partial charge in [-0.3, -0.25) is 9.10 Å². The van der Waals surface area contributed by atoms with Crippen molar-refractivity contribution in [2.75, 3.05) is 10.8 Å². The number of nitrogens with one attached hydrogen (secondary N) is 1. The number of alkyl halides is 6. The number of anilines is 1. The lowest BCUT2D eigenvalue weighted by atomic mass is 10.1. The first-order valence-electron chi connectivity index (χ1n) is 10.1. The van der Waals surface area contributed by atoms with E-state index in [-0.39, 0.29) is 10.5 Å². The number of nitrogens with zero attached hydrogens (tertiary/aromatic N) is 2. The highest BCUT2D eigenvalue weighted by Crippen LogP contribution is 2.38. The second-order valence-electron chi connectivity index (χ2n) is 7.40. The highest BCUT2D eigenvalue weighted by molar-refractivity contribution is 7.92. The predicted molar refractivity (Wildman–Crippen MR) is 125 cm³/mol.